The number of aryl methyl sites for hydroxylation is 2. The highest BCUT2D eigenvalue weighted by Gasteiger charge is 2.47. The summed E-state index contributed by atoms with van der Waals surface area (Å²) in [7, 11) is -2.45. The van der Waals surface area contributed by atoms with Crippen molar-refractivity contribution in [2.75, 3.05) is 26.7 Å². The number of carbonyl (C=O) groups is 3. The molecule has 4 rings (SSSR count). The number of carbonyl (C=O) groups excluding carboxylic acids is 3. The van der Waals surface area contributed by atoms with E-state index >= 15 is 0 Å². The molecule has 0 saturated carbocycles. The average Bonchev–Trinajstić information content (AvgIpc) is 3.22. The molecule has 10 nitrogen and oxygen atoms in total. The number of alkyl halides is 3. The second kappa shape index (κ2) is 11.3. The lowest BCUT2D eigenvalue weighted by molar-refractivity contribution is -0.137. The molecule has 2 aromatic rings. The smallest absolute Gasteiger partial charge is 0.368 e. The number of aliphatic imine (C=N–C) groups is 1. The van der Waals surface area contributed by atoms with Crippen molar-refractivity contribution in [2.45, 2.75) is 38.4 Å². The fourth-order valence-electron chi connectivity index (χ4n) is 5.07. The highest BCUT2D eigenvalue weighted by Crippen LogP contribution is 2.34. The molecule has 2 aliphatic rings. The number of amidine groups is 1. The standard InChI is InChI=1S/C28H30F3N5O5S/c1-17-13-20(25(38)35(3)16-23(32)37)14-18(2)22(17)7-12-42(40,41)36-10-8-27(9-11-36)26(39)33-24(34-27)19-5-4-6-21(15-19)28(29,30)31/h4-7,12-15H,8-11,16H2,1-3H3,(H2,32,37)(H,33,34,39). The quantitative estimate of drug-likeness (QED) is 0.499. The maximum atomic E-state index is 13.1. The van der Waals surface area contributed by atoms with Crippen LogP contribution in [0, 0.1) is 13.8 Å². The van der Waals surface area contributed by atoms with Gasteiger partial charge >= 0.3 is 6.18 Å². The van der Waals surface area contributed by atoms with E-state index in [9.17, 15) is 36.0 Å². The number of nitrogens with zero attached hydrogens (tertiary/aromatic N) is 3. The summed E-state index contributed by atoms with van der Waals surface area (Å²) in [6, 6.07) is 7.69. The van der Waals surface area contributed by atoms with Crippen molar-refractivity contribution >= 4 is 39.7 Å². The largest absolute Gasteiger partial charge is 0.416 e. The summed E-state index contributed by atoms with van der Waals surface area (Å²) in [4.78, 5) is 42.2. The van der Waals surface area contributed by atoms with Crippen molar-refractivity contribution in [2.24, 2.45) is 10.7 Å². The number of halogens is 3. The summed E-state index contributed by atoms with van der Waals surface area (Å²) < 4.78 is 66.9. The molecule has 1 saturated heterocycles. The number of nitrogens with two attached hydrogens (primary N) is 1. The van der Waals surface area contributed by atoms with Crippen LogP contribution < -0.4 is 11.1 Å². The normalized spacial score (nSPS) is 17.4. The number of sulfonamides is 1. The van der Waals surface area contributed by atoms with Crippen LogP contribution in [0.4, 0.5) is 13.2 Å². The van der Waals surface area contributed by atoms with Gasteiger partial charge in [-0.05, 0) is 73.7 Å². The third kappa shape index (κ3) is 6.39. The minimum atomic E-state index is -4.55. The monoisotopic (exact) mass is 605 g/mol. The lowest BCUT2D eigenvalue weighted by atomic mass is 9.89. The van der Waals surface area contributed by atoms with Gasteiger partial charge in [-0.2, -0.15) is 17.5 Å². The Morgan fingerprint density at radius 3 is 2.33 bits per heavy atom. The predicted molar refractivity (Wildman–Crippen MR) is 150 cm³/mol. The van der Waals surface area contributed by atoms with Crippen LogP contribution in [0.15, 0.2) is 46.8 Å². The Morgan fingerprint density at radius 2 is 1.76 bits per heavy atom. The summed E-state index contributed by atoms with van der Waals surface area (Å²) in [5.74, 6) is -1.51. The van der Waals surface area contributed by atoms with Gasteiger partial charge in [-0.3, -0.25) is 19.4 Å². The lowest BCUT2D eigenvalue weighted by Crippen LogP contribution is -2.50. The van der Waals surface area contributed by atoms with E-state index in [0.29, 0.717) is 22.3 Å². The van der Waals surface area contributed by atoms with Crippen LogP contribution in [0.3, 0.4) is 0 Å². The first kappa shape index (κ1) is 30.9. The van der Waals surface area contributed by atoms with Crippen molar-refractivity contribution < 1.29 is 36.0 Å². The molecular formula is C28H30F3N5O5S. The van der Waals surface area contributed by atoms with Gasteiger partial charge < -0.3 is 16.0 Å². The third-order valence-corrected chi connectivity index (χ3v) is 8.91. The second-order valence-electron chi connectivity index (χ2n) is 10.4. The molecule has 0 unspecified atom stereocenters. The van der Waals surface area contributed by atoms with Crippen LogP contribution >= 0.6 is 0 Å². The first-order chi connectivity index (χ1) is 19.5. The molecule has 0 aromatic heterocycles. The predicted octanol–water partition coefficient (Wildman–Crippen LogP) is 2.59. The summed E-state index contributed by atoms with van der Waals surface area (Å²) in [5, 5.41) is 3.63. The maximum Gasteiger partial charge on any atom is 0.416 e. The minimum Gasteiger partial charge on any atom is -0.368 e. The van der Waals surface area contributed by atoms with Crippen molar-refractivity contribution in [3.8, 4) is 0 Å². The Labute approximate surface area is 241 Å². The van der Waals surface area contributed by atoms with E-state index in [0.717, 1.165) is 17.5 Å². The van der Waals surface area contributed by atoms with E-state index in [1.165, 1.54) is 34.5 Å². The first-order valence-electron chi connectivity index (χ1n) is 12.9. The molecule has 224 valence electrons. The molecule has 1 fully saturated rings. The highest BCUT2D eigenvalue weighted by atomic mass is 32.2. The molecule has 14 heteroatoms. The van der Waals surface area contributed by atoms with Crippen LogP contribution in [-0.2, 0) is 25.8 Å². The molecule has 0 aliphatic carbocycles. The summed E-state index contributed by atoms with van der Waals surface area (Å²) in [6.07, 6.45) is -2.99. The number of hydrogen-bond acceptors (Lipinski definition) is 6. The van der Waals surface area contributed by atoms with Crippen LogP contribution in [0.1, 0.15) is 51.0 Å². The zero-order chi connectivity index (χ0) is 31.0. The van der Waals surface area contributed by atoms with Crippen LogP contribution in [0.2, 0.25) is 0 Å². The number of benzene rings is 2. The molecule has 0 bridgehead atoms. The summed E-state index contributed by atoms with van der Waals surface area (Å²) >= 11 is 0. The zero-order valence-corrected chi connectivity index (χ0v) is 24.0. The summed E-state index contributed by atoms with van der Waals surface area (Å²) in [6.45, 7) is 3.18. The van der Waals surface area contributed by atoms with Gasteiger partial charge in [0, 0.05) is 36.7 Å². The van der Waals surface area contributed by atoms with Gasteiger partial charge in [-0.1, -0.05) is 12.1 Å². The first-order valence-corrected chi connectivity index (χ1v) is 14.4. The zero-order valence-electron chi connectivity index (χ0n) is 23.2. The molecule has 2 heterocycles. The lowest BCUT2D eigenvalue weighted by Gasteiger charge is -2.34. The van der Waals surface area contributed by atoms with Gasteiger partial charge in [-0.25, -0.2) is 8.42 Å². The van der Waals surface area contributed by atoms with E-state index in [2.05, 4.69) is 10.3 Å². The van der Waals surface area contributed by atoms with Crippen molar-refractivity contribution in [1.29, 1.82) is 0 Å². The third-order valence-electron chi connectivity index (χ3n) is 7.34. The summed E-state index contributed by atoms with van der Waals surface area (Å²) in [5.41, 5.74) is 5.37. The Kier molecular flexibility index (Phi) is 8.33. The van der Waals surface area contributed by atoms with E-state index in [4.69, 9.17) is 5.73 Å². The number of piperidine rings is 1. The molecular weight excluding hydrogens is 575 g/mol. The fourth-order valence-corrected chi connectivity index (χ4v) is 6.24. The second-order valence-corrected chi connectivity index (χ2v) is 12.2. The van der Waals surface area contributed by atoms with Gasteiger partial charge in [-0.15, -0.1) is 0 Å². The van der Waals surface area contributed by atoms with Crippen molar-refractivity contribution in [3.05, 3.63) is 75.2 Å². The topological polar surface area (TPSA) is 142 Å². The molecule has 1 spiro atoms. The Balaban J connectivity index is 1.47. The number of rotatable bonds is 7. The average molecular weight is 606 g/mol. The van der Waals surface area contributed by atoms with Crippen LogP contribution in [-0.4, -0.2) is 73.4 Å². The van der Waals surface area contributed by atoms with E-state index < -0.39 is 45.0 Å². The Hall–Kier alpha value is -4.04. The highest BCUT2D eigenvalue weighted by molar-refractivity contribution is 7.92. The van der Waals surface area contributed by atoms with E-state index in [-0.39, 0.29) is 43.9 Å². The van der Waals surface area contributed by atoms with Crippen molar-refractivity contribution in [1.82, 2.24) is 14.5 Å². The van der Waals surface area contributed by atoms with Gasteiger partial charge in [0.1, 0.15) is 11.4 Å². The van der Waals surface area contributed by atoms with Gasteiger partial charge in [0.15, 0.2) is 0 Å². The Bertz CT molecular complexity index is 1590. The maximum absolute atomic E-state index is 13.1. The van der Waals surface area contributed by atoms with Gasteiger partial charge in [0.25, 0.3) is 11.8 Å². The Morgan fingerprint density at radius 1 is 1.14 bits per heavy atom. The minimum absolute atomic E-state index is 0.0168. The molecule has 2 aliphatic heterocycles. The number of likely N-dealkylation sites (N-methyl/N-ethyl adjacent to an activating group) is 1. The fraction of sp³-hybridized carbons (Fsp3) is 0.357. The SMILES string of the molecule is Cc1cc(C(=O)N(C)CC(N)=O)cc(C)c1C=CS(=O)(=O)N1CCC2(CC1)N=C(c1cccc(C(F)(F)F)c1)NC2=O. The number of primary amides is 1. The molecule has 0 radical (unpaired) electrons. The number of amides is 3. The molecule has 42 heavy (non-hydrogen) atoms. The van der Waals surface area contributed by atoms with Gasteiger partial charge in [0.2, 0.25) is 15.9 Å². The number of hydrogen-bond donors (Lipinski definition) is 2. The van der Waals surface area contributed by atoms with Gasteiger partial charge in [0.05, 0.1) is 12.1 Å². The van der Waals surface area contributed by atoms with E-state index in [1.807, 2.05) is 0 Å². The van der Waals surface area contributed by atoms with Crippen LogP contribution in [0.5, 0.6) is 0 Å². The molecule has 2 aromatic carbocycles. The van der Waals surface area contributed by atoms with Crippen LogP contribution in [0.25, 0.3) is 6.08 Å². The molecule has 0 atom stereocenters. The molecule has 3 N–H and O–H groups in total. The van der Waals surface area contributed by atoms with E-state index in [1.54, 1.807) is 26.0 Å². The number of nitrogens with one attached hydrogen (secondary N) is 1. The molecule has 3 amide bonds. The van der Waals surface area contributed by atoms with Crippen molar-refractivity contribution in [3.63, 3.8) is 0 Å².